The fourth-order valence-corrected chi connectivity index (χ4v) is 1.12. The third-order valence-corrected chi connectivity index (χ3v) is 1.87. The number of aryl methyl sites for hydroxylation is 1. The van der Waals surface area contributed by atoms with Crippen molar-refractivity contribution in [3.63, 3.8) is 0 Å². The number of aromatic nitrogens is 2. The van der Waals surface area contributed by atoms with Crippen molar-refractivity contribution >= 4 is 17.9 Å². The van der Waals surface area contributed by atoms with Crippen molar-refractivity contribution < 1.29 is 19.4 Å². The molecule has 7 heteroatoms. The highest BCUT2D eigenvalue weighted by Crippen LogP contribution is 2.08. The molecule has 0 bridgehead atoms. The van der Waals surface area contributed by atoms with Gasteiger partial charge in [-0.05, 0) is 13.8 Å². The van der Waals surface area contributed by atoms with E-state index in [9.17, 15) is 9.59 Å². The highest BCUT2D eigenvalue weighted by atomic mass is 16.5. The summed E-state index contributed by atoms with van der Waals surface area (Å²) in [6, 6.07) is 0. The highest BCUT2D eigenvalue weighted by molar-refractivity contribution is 5.90. The zero-order chi connectivity index (χ0) is 12.8. The van der Waals surface area contributed by atoms with E-state index in [1.165, 1.54) is 6.20 Å². The Hall–Kier alpha value is -2.18. The summed E-state index contributed by atoms with van der Waals surface area (Å²) in [5.74, 6) is -1.34. The lowest BCUT2D eigenvalue weighted by molar-refractivity contribution is -0.134. The number of ether oxygens (including phenoxy) is 1. The van der Waals surface area contributed by atoms with Crippen LogP contribution in [0.15, 0.2) is 6.20 Å². The van der Waals surface area contributed by atoms with Crippen LogP contribution in [-0.2, 0) is 9.53 Å². The van der Waals surface area contributed by atoms with E-state index < -0.39 is 11.9 Å². The topological polar surface area (TPSA) is 101 Å². The van der Waals surface area contributed by atoms with Crippen LogP contribution in [0.25, 0.3) is 0 Å². The largest absolute Gasteiger partial charge is 0.480 e. The number of carboxylic acid groups (broad SMARTS) is 1. The summed E-state index contributed by atoms with van der Waals surface area (Å²) in [6.45, 7) is 3.33. The number of esters is 1. The number of carbonyl (C=O) groups excluding carboxylic acids is 1. The maximum Gasteiger partial charge on any atom is 0.341 e. The molecule has 7 nitrogen and oxygen atoms in total. The molecule has 0 spiro atoms. The second kappa shape index (κ2) is 5.78. The number of rotatable bonds is 5. The first-order valence-corrected chi connectivity index (χ1v) is 5.01. The lowest BCUT2D eigenvalue weighted by Gasteiger charge is -2.06. The first-order valence-electron chi connectivity index (χ1n) is 5.01. The maximum absolute atomic E-state index is 11.4. The van der Waals surface area contributed by atoms with Crippen LogP contribution in [0.1, 0.15) is 23.0 Å². The van der Waals surface area contributed by atoms with Crippen molar-refractivity contribution in [3.8, 4) is 0 Å². The number of nitrogens with zero attached hydrogens (tertiary/aromatic N) is 2. The number of hydrogen-bond acceptors (Lipinski definition) is 6. The van der Waals surface area contributed by atoms with Crippen molar-refractivity contribution in [1.29, 1.82) is 0 Å². The Bertz CT molecular complexity index is 434. The number of nitrogens with one attached hydrogen (secondary N) is 1. The van der Waals surface area contributed by atoms with Crippen molar-refractivity contribution in [2.75, 3.05) is 18.5 Å². The second-order valence-electron chi connectivity index (χ2n) is 3.16. The van der Waals surface area contributed by atoms with Gasteiger partial charge in [0.1, 0.15) is 6.54 Å². The Kier molecular flexibility index (Phi) is 4.38. The van der Waals surface area contributed by atoms with Gasteiger partial charge < -0.3 is 15.2 Å². The molecule has 0 radical (unpaired) electrons. The van der Waals surface area contributed by atoms with Crippen LogP contribution in [0.2, 0.25) is 0 Å². The van der Waals surface area contributed by atoms with Gasteiger partial charge in [0.25, 0.3) is 0 Å². The summed E-state index contributed by atoms with van der Waals surface area (Å²) in [5.41, 5.74) is 0.707. The molecular formula is C10H13N3O4. The normalized spacial score (nSPS) is 9.76. The number of hydrogen-bond donors (Lipinski definition) is 2. The van der Waals surface area contributed by atoms with E-state index in [0.29, 0.717) is 5.69 Å². The summed E-state index contributed by atoms with van der Waals surface area (Å²) in [6.07, 6.45) is 1.31. The zero-order valence-electron chi connectivity index (χ0n) is 9.56. The van der Waals surface area contributed by atoms with Crippen LogP contribution in [0.3, 0.4) is 0 Å². The Morgan fingerprint density at radius 3 is 2.76 bits per heavy atom. The number of carboxylic acids is 1. The van der Waals surface area contributed by atoms with Gasteiger partial charge in [0.2, 0.25) is 5.95 Å². The molecule has 1 heterocycles. The van der Waals surface area contributed by atoms with Gasteiger partial charge in [-0.15, -0.1) is 0 Å². The molecule has 0 fully saturated rings. The van der Waals surface area contributed by atoms with E-state index in [2.05, 4.69) is 15.3 Å². The SMILES string of the molecule is CCOC(=O)c1cnc(NCC(=O)O)nc1C. The highest BCUT2D eigenvalue weighted by Gasteiger charge is 2.12. The predicted octanol–water partition coefficient (Wildman–Crippen LogP) is 0.458. The Morgan fingerprint density at radius 1 is 1.53 bits per heavy atom. The third-order valence-electron chi connectivity index (χ3n) is 1.87. The molecule has 0 atom stereocenters. The van der Waals surface area contributed by atoms with Crippen LogP contribution in [-0.4, -0.2) is 40.2 Å². The van der Waals surface area contributed by atoms with E-state index in [0.717, 1.165) is 0 Å². The molecule has 2 N–H and O–H groups in total. The summed E-state index contributed by atoms with van der Waals surface area (Å²) >= 11 is 0. The second-order valence-corrected chi connectivity index (χ2v) is 3.16. The molecule has 0 saturated heterocycles. The van der Waals surface area contributed by atoms with Crippen molar-refractivity contribution in [2.24, 2.45) is 0 Å². The van der Waals surface area contributed by atoms with Gasteiger partial charge in [0.05, 0.1) is 17.9 Å². The summed E-state index contributed by atoms with van der Waals surface area (Å²) < 4.78 is 4.81. The molecule has 1 aromatic heterocycles. The van der Waals surface area contributed by atoms with Gasteiger partial charge in [-0.25, -0.2) is 14.8 Å². The summed E-state index contributed by atoms with van der Waals surface area (Å²) in [7, 11) is 0. The molecule has 0 saturated carbocycles. The lowest BCUT2D eigenvalue weighted by Crippen LogP contribution is -2.16. The van der Waals surface area contributed by atoms with Crippen LogP contribution in [0, 0.1) is 6.92 Å². The Morgan fingerprint density at radius 2 is 2.24 bits per heavy atom. The van der Waals surface area contributed by atoms with E-state index in [1.54, 1.807) is 13.8 Å². The number of aliphatic carboxylic acids is 1. The molecule has 0 amide bonds. The minimum atomic E-state index is -1.01. The van der Waals surface area contributed by atoms with Gasteiger partial charge >= 0.3 is 11.9 Å². The van der Waals surface area contributed by atoms with Crippen molar-refractivity contribution in [3.05, 3.63) is 17.5 Å². The lowest BCUT2D eigenvalue weighted by atomic mass is 10.2. The van der Waals surface area contributed by atoms with Crippen molar-refractivity contribution in [1.82, 2.24) is 9.97 Å². The van der Waals surface area contributed by atoms with Crippen LogP contribution in [0.4, 0.5) is 5.95 Å². The molecule has 0 aliphatic carbocycles. The average molecular weight is 239 g/mol. The van der Waals surface area contributed by atoms with Gasteiger partial charge in [0.15, 0.2) is 0 Å². The van der Waals surface area contributed by atoms with Crippen LogP contribution in [0.5, 0.6) is 0 Å². The van der Waals surface area contributed by atoms with Crippen LogP contribution < -0.4 is 5.32 Å². The fourth-order valence-electron chi connectivity index (χ4n) is 1.12. The minimum Gasteiger partial charge on any atom is -0.480 e. The van der Waals surface area contributed by atoms with Crippen LogP contribution >= 0.6 is 0 Å². The van der Waals surface area contributed by atoms with Crippen molar-refractivity contribution in [2.45, 2.75) is 13.8 Å². The number of carbonyl (C=O) groups is 2. The quantitative estimate of drug-likeness (QED) is 0.719. The molecule has 1 aromatic rings. The van der Waals surface area contributed by atoms with Gasteiger partial charge in [-0.3, -0.25) is 4.79 Å². The first-order chi connectivity index (χ1) is 8.04. The monoisotopic (exact) mass is 239 g/mol. The molecule has 0 unspecified atom stereocenters. The first kappa shape index (κ1) is 12.9. The minimum absolute atomic E-state index is 0.165. The van der Waals surface area contributed by atoms with Gasteiger partial charge in [0, 0.05) is 6.20 Å². The smallest absolute Gasteiger partial charge is 0.341 e. The molecule has 0 aliphatic heterocycles. The molecule has 1 rings (SSSR count). The van der Waals surface area contributed by atoms with E-state index in [-0.39, 0.29) is 24.7 Å². The zero-order valence-corrected chi connectivity index (χ0v) is 9.56. The standard InChI is InChI=1S/C10H13N3O4/c1-3-17-9(16)7-4-11-10(13-6(7)2)12-5-8(14)15/h4H,3,5H2,1-2H3,(H,14,15)(H,11,12,13). The molecular weight excluding hydrogens is 226 g/mol. The molecule has 17 heavy (non-hydrogen) atoms. The van der Waals surface area contributed by atoms with Gasteiger partial charge in [-0.1, -0.05) is 0 Å². The van der Waals surface area contributed by atoms with E-state index >= 15 is 0 Å². The fraction of sp³-hybridized carbons (Fsp3) is 0.400. The average Bonchev–Trinajstić information content (AvgIpc) is 2.26. The predicted molar refractivity (Wildman–Crippen MR) is 58.9 cm³/mol. The molecule has 0 aromatic carbocycles. The number of anilines is 1. The van der Waals surface area contributed by atoms with E-state index in [4.69, 9.17) is 9.84 Å². The third kappa shape index (κ3) is 3.71. The Balaban J connectivity index is 2.79. The molecule has 0 aliphatic rings. The Labute approximate surface area is 97.8 Å². The van der Waals surface area contributed by atoms with Gasteiger partial charge in [-0.2, -0.15) is 0 Å². The summed E-state index contributed by atoms with van der Waals surface area (Å²) in [5, 5.41) is 11.0. The summed E-state index contributed by atoms with van der Waals surface area (Å²) in [4.78, 5) is 29.5. The maximum atomic E-state index is 11.4. The van der Waals surface area contributed by atoms with E-state index in [1.807, 2.05) is 0 Å². The molecule has 92 valence electrons.